The number of nitrogens with one attached hydrogen (secondary N) is 2. The van der Waals surface area contributed by atoms with Gasteiger partial charge in [-0.15, -0.1) is 0 Å². The normalized spacial score (nSPS) is 12.0. The number of hydroxylamine groups is 1. The van der Waals surface area contributed by atoms with Crippen molar-refractivity contribution in [3.05, 3.63) is 59.7 Å². The largest absolute Gasteiger partial charge is 0.328 e. The average molecular weight is 313 g/mol. The molecule has 0 unspecified atom stereocenters. The lowest BCUT2D eigenvalue weighted by molar-refractivity contribution is -0.131. The maximum atomic E-state index is 11.3. The summed E-state index contributed by atoms with van der Waals surface area (Å²) in [5, 5.41) is 11.6. The summed E-state index contributed by atoms with van der Waals surface area (Å²) in [6.45, 7) is 2.82. The molecule has 2 aromatic rings. The van der Waals surface area contributed by atoms with Crippen LogP contribution in [0.1, 0.15) is 11.1 Å². The fourth-order valence-electron chi connectivity index (χ4n) is 2.36. The van der Waals surface area contributed by atoms with E-state index in [9.17, 15) is 4.79 Å². The Morgan fingerprint density at radius 3 is 2.17 bits per heavy atom. The molecule has 1 atom stereocenters. The van der Waals surface area contributed by atoms with Crippen molar-refractivity contribution in [2.24, 2.45) is 5.73 Å². The van der Waals surface area contributed by atoms with Gasteiger partial charge in [0, 0.05) is 6.54 Å². The Bertz CT molecular complexity index is 624. The Kier molecular flexibility index (Phi) is 6.29. The molecular weight excluding hydrogens is 290 g/mol. The minimum Gasteiger partial charge on any atom is -0.328 e. The molecule has 0 aliphatic carbocycles. The van der Waals surface area contributed by atoms with Gasteiger partial charge in [-0.1, -0.05) is 54.1 Å². The molecule has 122 valence electrons. The molecule has 2 aromatic carbocycles. The van der Waals surface area contributed by atoms with Crippen molar-refractivity contribution in [2.45, 2.75) is 19.4 Å². The Balaban J connectivity index is 1.90. The minimum absolute atomic E-state index is 0.138. The highest BCUT2D eigenvalue weighted by atomic mass is 16.5. The quantitative estimate of drug-likeness (QED) is 0.462. The Labute approximate surface area is 136 Å². The third-order valence-corrected chi connectivity index (χ3v) is 3.81. The average Bonchev–Trinajstić information content (AvgIpc) is 2.59. The van der Waals surface area contributed by atoms with Crippen LogP contribution in [0.3, 0.4) is 0 Å². The van der Waals surface area contributed by atoms with Gasteiger partial charge in [0.2, 0.25) is 0 Å². The summed E-state index contributed by atoms with van der Waals surface area (Å²) in [5.41, 5.74) is 11.9. The van der Waals surface area contributed by atoms with Crippen LogP contribution in [0.2, 0.25) is 0 Å². The highest BCUT2D eigenvalue weighted by Gasteiger charge is 2.14. The maximum absolute atomic E-state index is 11.3. The molecule has 0 spiro atoms. The number of carbonyl (C=O) groups excluding carboxylic acids is 1. The van der Waals surface area contributed by atoms with Crippen molar-refractivity contribution in [3.63, 3.8) is 0 Å². The van der Waals surface area contributed by atoms with Crippen molar-refractivity contribution in [1.29, 1.82) is 0 Å². The van der Waals surface area contributed by atoms with E-state index >= 15 is 0 Å². The van der Waals surface area contributed by atoms with Gasteiger partial charge in [-0.3, -0.25) is 10.0 Å². The van der Waals surface area contributed by atoms with E-state index in [2.05, 4.69) is 60.8 Å². The van der Waals surface area contributed by atoms with Crippen LogP contribution in [-0.4, -0.2) is 30.2 Å². The minimum atomic E-state index is -0.577. The topological polar surface area (TPSA) is 87.4 Å². The third kappa shape index (κ3) is 4.89. The first-order valence-corrected chi connectivity index (χ1v) is 7.67. The fourth-order valence-corrected chi connectivity index (χ4v) is 2.36. The molecule has 5 nitrogen and oxygen atoms in total. The molecule has 0 saturated heterocycles. The number of nitrogens with two attached hydrogens (primary N) is 1. The molecule has 0 bridgehead atoms. The van der Waals surface area contributed by atoms with E-state index < -0.39 is 11.9 Å². The maximum Gasteiger partial charge on any atom is 0.261 e. The second-order valence-electron chi connectivity index (χ2n) is 5.53. The van der Waals surface area contributed by atoms with Crippen LogP contribution in [0.4, 0.5) is 0 Å². The molecule has 0 aromatic heterocycles. The number of amides is 1. The molecule has 23 heavy (non-hydrogen) atoms. The van der Waals surface area contributed by atoms with Crippen LogP contribution < -0.4 is 16.5 Å². The van der Waals surface area contributed by atoms with Crippen molar-refractivity contribution < 1.29 is 10.0 Å². The van der Waals surface area contributed by atoms with Gasteiger partial charge in [-0.05, 0) is 36.6 Å². The Hall–Kier alpha value is -2.21. The van der Waals surface area contributed by atoms with Crippen LogP contribution in [0.15, 0.2) is 48.5 Å². The summed E-state index contributed by atoms with van der Waals surface area (Å²) in [4.78, 5) is 11.3. The van der Waals surface area contributed by atoms with Crippen LogP contribution in [-0.2, 0) is 11.2 Å². The Morgan fingerprint density at radius 1 is 1.09 bits per heavy atom. The van der Waals surface area contributed by atoms with E-state index in [1.165, 1.54) is 22.3 Å². The Morgan fingerprint density at radius 2 is 1.65 bits per heavy atom. The van der Waals surface area contributed by atoms with Crippen molar-refractivity contribution >= 4 is 5.91 Å². The van der Waals surface area contributed by atoms with Gasteiger partial charge in [-0.2, -0.15) is 0 Å². The monoisotopic (exact) mass is 313 g/mol. The zero-order valence-electron chi connectivity index (χ0n) is 13.3. The highest BCUT2D eigenvalue weighted by molar-refractivity contribution is 5.80. The van der Waals surface area contributed by atoms with E-state index in [4.69, 9.17) is 10.9 Å². The summed E-state index contributed by atoms with van der Waals surface area (Å²) >= 11 is 0. The smallest absolute Gasteiger partial charge is 0.261 e. The van der Waals surface area contributed by atoms with E-state index in [0.29, 0.717) is 6.54 Å². The molecule has 0 saturated carbocycles. The first-order valence-electron chi connectivity index (χ1n) is 7.67. The lowest BCUT2D eigenvalue weighted by Crippen LogP contribution is -2.48. The summed E-state index contributed by atoms with van der Waals surface area (Å²) in [6, 6.07) is 16.2. The summed E-state index contributed by atoms with van der Waals surface area (Å²) < 4.78 is 0. The van der Waals surface area contributed by atoms with E-state index in [1.54, 1.807) is 5.48 Å². The number of rotatable bonds is 7. The zero-order chi connectivity index (χ0) is 16.7. The van der Waals surface area contributed by atoms with Crippen molar-refractivity contribution in [3.8, 4) is 11.1 Å². The summed E-state index contributed by atoms with van der Waals surface area (Å²) in [7, 11) is 0. The highest BCUT2D eigenvalue weighted by Crippen LogP contribution is 2.20. The number of aryl methyl sites for hydroxylation is 1. The molecule has 5 N–H and O–H groups in total. The van der Waals surface area contributed by atoms with E-state index in [-0.39, 0.29) is 6.54 Å². The molecule has 2 rings (SSSR count). The number of benzene rings is 2. The van der Waals surface area contributed by atoms with Gasteiger partial charge in [0.1, 0.15) is 6.04 Å². The molecule has 0 aliphatic rings. The lowest BCUT2D eigenvalue weighted by atomic mass is 10.0. The summed E-state index contributed by atoms with van der Waals surface area (Å²) in [5.74, 6) is -0.512. The number of hydrogen-bond donors (Lipinski definition) is 4. The first kappa shape index (κ1) is 17.1. The zero-order valence-corrected chi connectivity index (χ0v) is 13.3. The van der Waals surface area contributed by atoms with E-state index in [1.807, 2.05) is 0 Å². The van der Waals surface area contributed by atoms with Gasteiger partial charge in [-0.25, -0.2) is 5.48 Å². The first-order chi connectivity index (χ1) is 11.1. The molecule has 0 fully saturated rings. The van der Waals surface area contributed by atoms with E-state index in [0.717, 1.165) is 6.42 Å². The standard InChI is InChI=1S/C18H23N3O2/c1-13-2-6-15(7-3-13)16-8-4-14(5-9-16)10-11-20-17(12-19)18(22)21-23/h2-9,17,20,23H,10-12,19H2,1H3,(H,21,22)/t17-/m0/s1. The van der Waals surface area contributed by atoms with Crippen LogP contribution >= 0.6 is 0 Å². The molecule has 5 heteroatoms. The van der Waals surface area contributed by atoms with Gasteiger partial charge in [0.25, 0.3) is 5.91 Å². The second kappa shape index (κ2) is 8.43. The molecule has 0 heterocycles. The molecule has 0 aliphatic heterocycles. The number of carbonyl (C=O) groups is 1. The number of hydrogen-bond acceptors (Lipinski definition) is 4. The molecule has 0 radical (unpaired) electrons. The van der Waals surface area contributed by atoms with Crippen LogP contribution in [0, 0.1) is 6.92 Å². The SMILES string of the molecule is Cc1ccc(-c2ccc(CCN[C@@H](CN)C(=O)NO)cc2)cc1. The van der Waals surface area contributed by atoms with Gasteiger partial charge < -0.3 is 11.1 Å². The third-order valence-electron chi connectivity index (χ3n) is 3.81. The fraction of sp³-hybridized carbons (Fsp3) is 0.278. The predicted octanol–water partition coefficient (Wildman–Crippen LogP) is 1.63. The molecular formula is C18H23N3O2. The lowest BCUT2D eigenvalue weighted by Gasteiger charge is -2.14. The van der Waals surface area contributed by atoms with Gasteiger partial charge >= 0.3 is 0 Å². The van der Waals surface area contributed by atoms with Crippen LogP contribution in [0.5, 0.6) is 0 Å². The summed E-state index contributed by atoms with van der Waals surface area (Å²) in [6.07, 6.45) is 0.781. The van der Waals surface area contributed by atoms with Crippen molar-refractivity contribution in [1.82, 2.24) is 10.8 Å². The van der Waals surface area contributed by atoms with Crippen molar-refractivity contribution in [2.75, 3.05) is 13.1 Å². The van der Waals surface area contributed by atoms with Gasteiger partial charge in [0.05, 0.1) is 0 Å². The predicted molar refractivity (Wildman–Crippen MR) is 91.1 cm³/mol. The second-order valence-corrected chi connectivity index (χ2v) is 5.53. The van der Waals surface area contributed by atoms with Gasteiger partial charge in [0.15, 0.2) is 0 Å². The van der Waals surface area contributed by atoms with Crippen LogP contribution in [0.25, 0.3) is 11.1 Å². The molecule has 1 amide bonds.